The third-order valence-corrected chi connectivity index (χ3v) is 5.22. The van der Waals surface area contributed by atoms with Crippen molar-refractivity contribution in [3.63, 3.8) is 0 Å². The van der Waals surface area contributed by atoms with E-state index in [9.17, 15) is 0 Å². The van der Waals surface area contributed by atoms with E-state index >= 15 is 0 Å². The second kappa shape index (κ2) is 8.30. The molecule has 0 unspecified atom stereocenters. The van der Waals surface area contributed by atoms with Gasteiger partial charge in [-0.1, -0.05) is 19.1 Å². The van der Waals surface area contributed by atoms with E-state index in [0.29, 0.717) is 5.95 Å². The van der Waals surface area contributed by atoms with Gasteiger partial charge in [0.15, 0.2) is 0 Å². The van der Waals surface area contributed by atoms with Gasteiger partial charge in [0.1, 0.15) is 5.82 Å². The molecular formula is C23H27N5. The lowest BCUT2D eigenvalue weighted by Gasteiger charge is -2.32. The van der Waals surface area contributed by atoms with Crippen LogP contribution in [0.5, 0.6) is 0 Å². The standard InChI is InChI=1S/C23H27N5/c1-17-11-14-28(15-12-17)21-8-6-19(7-9-21)26-23-24-13-10-22(27-23)25-20-5-3-4-18(2)16-20/h3-10,13,16-17H,11-12,14-15H2,1-2H3,(H2,24,25,26,27). The predicted octanol–water partition coefficient (Wildman–Crippen LogP) is 5.51. The van der Waals surface area contributed by atoms with Crippen LogP contribution in [-0.2, 0) is 0 Å². The van der Waals surface area contributed by atoms with Crippen LogP contribution < -0.4 is 15.5 Å². The van der Waals surface area contributed by atoms with Gasteiger partial charge in [-0.2, -0.15) is 4.98 Å². The van der Waals surface area contributed by atoms with E-state index in [2.05, 4.69) is 75.7 Å². The molecule has 144 valence electrons. The van der Waals surface area contributed by atoms with Crippen molar-refractivity contribution >= 4 is 28.8 Å². The molecule has 28 heavy (non-hydrogen) atoms. The first-order valence-corrected chi connectivity index (χ1v) is 9.94. The van der Waals surface area contributed by atoms with E-state index in [1.165, 1.54) is 24.1 Å². The lowest BCUT2D eigenvalue weighted by molar-refractivity contribution is 0.438. The molecule has 1 aliphatic heterocycles. The molecule has 2 heterocycles. The van der Waals surface area contributed by atoms with Crippen molar-refractivity contribution in [3.8, 4) is 0 Å². The molecule has 2 aromatic carbocycles. The molecule has 5 nitrogen and oxygen atoms in total. The molecule has 0 bridgehead atoms. The lowest BCUT2D eigenvalue weighted by atomic mass is 9.99. The maximum Gasteiger partial charge on any atom is 0.229 e. The maximum atomic E-state index is 4.57. The zero-order valence-corrected chi connectivity index (χ0v) is 16.5. The van der Waals surface area contributed by atoms with Crippen molar-refractivity contribution in [3.05, 3.63) is 66.4 Å². The minimum absolute atomic E-state index is 0.581. The maximum absolute atomic E-state index is 4.57. The zero-order chi connectivity index (χ0) is 19.3. The Morgan fingerprint density at radius 1 is 0.929 bits per heavy atom. The molecule has 0 spiro atoms. The summed E-state index contributed by atoms with van der Waals surface area (Å²) < 4.78 is 0. The highest BCUT2D eigenvalue weighted by molar-refractivity contribution is 5.62. The minimum Gasteiger partial charge on any atom is -0.372 e. The Morgan fingerprint density at radius 2 is 1.71 bits per heavy atom. The van der Waals surface area contributed by atoms with Crippen molar-refractivity contribution in [2.75, 3.05) is 28.6 Å². The van der Waals surface area contributed by atoms with Crippen LogP contribution in [0.1, 0.15) is 25.3 Å². The number of anilines is 5. The molecule has 3 aromatic rings. The summed E-state index contributed by atoms with van der Waals surface area (Å²) in [6.07, 6.45) is 4.31. The molecule has 0 atom stereocenters. The quantitative estimate of drug-likeness (QED) is 0.618. The van der Waals surface area contributed by atoms with Crippen LogP contribution in [0.25, 0.3) is 0 Å². The topological polar surface area (TPSA) is 53.1 Å². The fourth-order valence-corrected chi connectivity index (χ4v) is 3.51. The van der Waals surface area contributed by atoms with Crippen LogP contribution in [0.4, 0.5) is 28.8 Å². The number of benzene rings is 2. The summed E-state index contributed by atoms with van der Waals surface area (Å²) in [4.78, 5) is 11.4. The Balaban J connectivity index is 1.41. The molecule has 0 radical (unpaired) electrons. The van der Waals surface area contributed by atoms with E-state index < -0.39 is 0 Å². The summed E-state index contributed by atoms with van der Waals surface area (Å²) >= 11 is 0. The second-order valence-electron chi connectivity index (χ2n) is 7.60. The van der Waals surface area contributed by atoms with Crippen LogP contribution >= 0.6 is 0 Å². The number of piperidine rings is 1. The molecule has 1 fully saturated rings. The fraction of sp³-hybridized carbons (Fsp3) is 0.304. The number of hydrogen-bond donors (Lipinski definition) is 2. The molecular weight excluding hydrogens is 346 g/mol. The zero-order valence-electron chi connectivity index (χ0n) is 16.5. The van der Waals surface area contributed by atoms with Gasteiger partial charge in [0.05, 0.1) is 0 Å². The smallest absolute Gasteiger partial charge is 0.229 e. The molecule has 0 aliphatic carbocycles. The van der Waals surface area contributed by atoms with E-state index in [1.54, 1.807) is 6.20 Å². The van der Waals surface area contributed by atoms with Crippen LogP contribution in [0.3, 0.4) is 0 Å². The van der Waals surface area contributed by atoms with Crippen molar-refractivity contribution in [1.82, 2.24) is 9.97 Å². The first-order chi connectivity index (χ1) is 13.7. The van der Waals surface area contributed by atoms with Gasteiger partial charge in [-0.25, -0.2) is 4.98 Å². The van der Waals surface area contributed by atoms with Crippen molar-refractivity contribution in [1.29, 1.82) is 0 Å². The van der Waals surface area contributed by atoms with Gasteiger partial charge >= 0.3 is 0 Å². The lowest BCUT2D eigenvalue weighted by Crippen LogP contribution is -2.32. The molecule has 1 aliphatic rings. The highest BCUT2D eigenvalue weighted by Crippen LogP contribution is 2.25. The van der Waals surface area contributed by atoms with E-state index in [-0.39, 0.29) is 0 Å². The van der Waals surface area contributed by atoms with Crippen LogP contribution in [0.15, 0.2) is 60.8 Å². The van der Waals surface area contributed by atoms with Crippen molar-refractivity contribution < 1.29 is 0 Å². The van der Waals surface area contributed by atoms with Gasteiger partial charge in [-0.05, 0) is 73.7 Å². The fourth-order valence-electron chi connectivity index (χ4n) is 3.51. The summed E-state index contributed by atoms with van der Waals surface area (Å²) in [5.74, 6) is 2.19. The first kappa shape index (κ1) is 18.3. The Kier molecular flexibility index (Phi) is 5.42. The Bertz CT molecular complexity index is 914. The third-order valence-electron chi connectivity index (χ3n) is 5.22. The number of nitrogens with one attached hydrogen (secondary N) is 2. The summed E-state index contributed by atoms with van der Waals surface area (Å²) in [6.45, 7) is 6.70. The molecule has 4 rings (SSSR count). The summed E-state index contributed by atoms with van der Waals surface area (Å²) in [5.41, 5.74) is 4.50. The summed E-state index contributed by atoms with van der Waals surface area (Å²) in [6, 6.07) is 18.6. The highest BCUT2D eigenvalue weighted by Gasteiger charge is 2.15. The number of rotatable bonds is 5. The van der Waals surface area contributed by atoms with E-state index in [0.717, 1.165) is 36.2 Å². The highest BCUT2D eigenvalue weighted by atomic mass is 15.1. The largest absolute Gasteiger partial charge is 0.372 e. The molecule has 1 aromatic heterocycles. The van der Waals surface area contributed by atoms with Gasteiger partial charge in [0, 0.05) is 36.3 Å². The molecule has 5 heteroatoms. The van der Waals surface area contributed by atoms with Gasteiger partial charge in [0.25, 0.3) is 0 Å². The van der Waals surface area contributed by atoms with Gasteiger partial charge in [-0.3, -0.25) is 0 Å². The number of hydrogen-bond acceptors (Lipinski definition) is 5. The number of aromatic nitrogens is 2. The average molecular weight is 374 g/mol. The second-order valence-corrected chi connectivity index (χ2v) is 7.60. The third kappa shape index (κ3) is 4.60. The Hall–Kier alpha value is -3.08. The van der Waals surface area contributed by atoms with E-state index in [1.807, 2.05) is 18.2 Å². The summed E-state index contributed by atoms with van der Waals surface area (Å²) in [7, 11) is 0. The Morgan fingerprint density at radius 3 is 2.46 bits per heavy atom. The SMILES string of the molecule is Cc1cccc(Nc2ccnc(Nc3ccc(N4CCC(C)CC4)cc3)n2)c1. The van der Waals surface area contributed by atoms with Crippen LogP contribution in [-0.4, -0.2) is 23.1 Å². The van der Waals surface area contributed by atoms with Crippen molar-refractivity contribution in [2.24, 2.45) is 5.92 Å². The monoisotopic (exact) mass is 373 g/mol. The molecule has 2 N–H and O–H groups in total. The molecule has 0 amide bonds. The molecule has 0 saturated carbocycles. The first-order valence-electron chi connectivity index (χ1n) is 9.94. The van der Waals surface area contributed by atoms with Crippen LogP contribution in [0.2, 0.25) is 0 Å². The normalized spacial score (nSPS) is 14.7. The number of nitrogens with zero attached hydrogens (tertiary/aromatic N) is 3. The summed E-state index contributed by atoms with van der Waals surface area (Å²) in [5, 5.41) is 6.63. The minimum atomic E-state index is 0.581. The predicted molar refractivity (Wildman–Crippen MR) is 117 cm³/mol. The van der Waals surface area contributed by atoms with Gasteiger partial charge in [-0.15, -0.1) is 0 Å². The number of aryl methyl sites for hydroxylation is 1. The van der Waals surface area contributed by atoms with Crippen LogP contribution in [0, 0.1) is 12.8 Å². The average Bonchev–Trinajstić information content (AvgIpc) is 2.70. The van der Waals surface area contributed by atoms with E-state index in [4.69, 9.17) is 0 Å². The Labute approximate surface area is 166 Å². The molecule has 1 saturated heterocycles. The van der Waals surface area contributed by atoms with Gasteiger partial charge in [0.2, 0.25) is 5.95 Å². The van der Waals surface area contributed by atoms with Crippen molar-refractivity contribution in [2.45, 2.75) is 26.7 Å². The van der Waals surface area contributed by atoms with Gasteiger partial charge < -0.3 is 15.5 Å².